The van der Waals surface area contributed by atoms with Crippen LogP contribution in [0.15, 0.2) is 55.0 Å². The number of nitrogens with zero attached hydrogens (tertiary/aromatic N) is 4. The van der Waals surface area contributed by atoms with Crippen LogP contribution in [0.4, 0.5) is 4.79 Å². The van der Waals surface area contributed by atoms with Gasteiger partial charge in [-0.2, -0.15) is 0 Å². The van der Waals surface area contributed by atoms with Gasteiger partial charge in [-0.15, -0.1) is 10.2 Å². The van der Waals surface area contributed by atoms with Gasteiger partial charge in [0.25, 0.3) is 0 Å². The van der Waals surface area contributed by atoms with E-state index in [-0.39, 0.29) is 36.5 Å². The van der Waals surface area contributed by atoms with Gasteiger partial charge in [-0.1, -0.05) is 30.3 Å². The number of amides is 1. The maximum atomic E-state index is 13.1. The highest BCUT2D eigenvalue weighted by atomic mass is 16.6. The zero-order valence-electron chi connectivity index (χ0n) is 16.0. The van der Waals surface area contributed by atoms with Crippen molar-refractivity contribution in [2.45, 2.75) is 44.4 Å². The van der Waals surface area contributed by atoms with E-state index in [4.69, 9.17) is 4.74 Å². The van der Waals surface area contributed by atoms with E-state index in [1.165, 1.54) is 0 Å². The zero-order valence-corrected chi connectivity index (χ0v) is 16.0. The first-order valence-electron chi connectivity index (χ1n) is 10.0. The number of ketones is 1. The second-order valence-electron chi connectivity index (χ2n) is 7.88. The van der Waals surface area contributed by atoms with E-state index in [0.29, 0.717) is 18.4 Å². The predicted octanol–water partition coefficient (Wildman–Crippen LogP) is 3.49. The fourth-order valence-electron chi connectivity index (χ4n) is 4.69. The number of ether oxygens (including phenoxy) is 1. The molecule has 1 aromatic carbocycles. The van der Waals surface area contributed by atoms with Gasteiger partial charge < -0.3 is 9.64 Å². The lowest BCUT2D eigenvalue weighted by Gasteiger charge is -2.37. The molecule has 0 radical (unpaired) electrons. The lowest BCUT2D eigenvalue weighted by molar-refractivity contribution is 0.0485. The molecule has 2 bridgehead atoms. The van der Waals surface area contributed by atoms with Crippen LogP contribution in [0.1, 0.15) is 41.6 Å². The normalized spacial score (nSPS) is 23.3. The molecule has 2 aliphatic rings. The number of Topliss-reactive ketones (excluding diaryl/α,β-unsaturated/α-hetero) is 1. The molecule has 0 saturated carbocycles. The molecule has 4 heterocycles. The van der Waals surface area contributed by atoms with Gasteiger partial charge in [-0.05, 0) is 43.4 Å². The highest BCUT2D eigenvalue weighted by molar-refractivity contribution is 5.98. The molecule has 5 rings (SSSR count). The van der Waals surface area contributed by atoms with E-state index in [1.54, 1.807) is 16.9 Å². The fourth-order valence-corrected chi connectivity index (χ4v) is 4.69. The Morgan fingerprint density at radius 3 is 2.55 bits per heavy atom. The Morgan fingerprint density at radius 1 is 1.03 bits per heavy atom. The Morgan fingerprint density at radius 2 is 1.79 bits per heavy atom. The Bertz CT molecular complexity index is 1030. The number of benzene rings is 1. The quantitative estimate of drug-likeness (QED) is 0.638. The number of carbonyl (C=O) groups excluding carboxylic acids is 2. The SMILES string of the molecule is O=C(c1ccc2nncn2c1)C1CC2CCC(C1)N2C(=O)OCc1ccccc1. The summed E-state index contributed by atoms with van der Waals surface area (Å²) in [6.07, 6.45) is 6.37. The number of hydrogen-bond donors (Lipinski definition) is 0. The van der Waals surface area contributed by atoms with Crippen LogP contribution < -0.4 is 0 Å². The number of fused-ring (bicyclic) bond motifs is 3. The van der Waals surface area contributed by atoms with E-state index in [0.717, 1.165) is 24.1 Å². The van der Waals surface area contributed by atoms with Gasteiger partial charge in [0.15, 0.2) is 11.4 Å². The smallest absolute Gasteiger partial charge is 0.410 e. The van der Waals surface area contributed by atoms with Crippen LogP contribution in [0.25, 0.3) is 5.65 Å². The van der Waals surface area contributed by atoms with Crippen LogP contribution >= 0.6 is 0 Å². The third-order valence-corrected chi connectivity index (χ3v) is 6.10. The molecule has 2 saturated heterocycles. The van der Waals surface area contributed by atoms with Crippen LogP contribution in [0, 0.1) is 5.92 Å². The Kier molecular flexibility index (Phi) is 4.50. The summed E-state index contributed by atoms with van der Waals surface area (Å²) in [6.45, 7) is 0.275. The standard InChI is InChI=1S/C22H22N4O3/c27-21(16-6-9-20-24-23-14-25(20)12-16)17-10-18-7-8-19(11-17)26(18)22(28)29-13-15-4-2-1-3-5-15/h1-6,9,12,14,17-19H,7-8,10-11,13H2. The van der Waals surface area contributed by atoms with Crippen molar-refractivity contribution in [1.82, 2.24) is 19.5 Å². The Balaban J connectivity index is 1.25. The van der Waals surface area contributed by atoms with Crippen molar-refractivity contribution in [2.75, 3.05) is 0 Å². The van der Waals surface area contributed by atoms with Gasteiger partial charge in [0.1, 0.15) is 12.9 Å². The molecule has 3 aromatic rings. The summed E-state index contributed by atoms with van der Waals surface area (Å²) >= 11 is 0. The molecule has 148 valence electrons. The molecule has 2 aliphatic heterocycles. The molecule has 1 amide bonds. The third kappa shape index (κ3) is 3.37. The van der Waals surface area contributed by atoms with Crippen LogP contribution in [-0.4, -0.2) is 43.5 Å². The minimum Gasteiger partial charge on any atom is -0.445 e. The molecule has 2 fully saturated rings. The minimum absolute atomic E-state index is 0.0698. The van der Waals surface area contributed by atoms with E-state index in [2.05, 4.69) is 10.2 Å². The summed E-state index contributed by atoms with van der Waals surface area (Å²) in [4.78, 5) is 27.7. The summed E-state index contributed by atoms with van der Waals surface area (Å²) in [5.41, 5.74) is 2.36. The predicted molar refractivity (Wildman–Crippen MR) is 105 cm³/mol. The number of carbonyl (C=O) groups is 2. The molecule has 29 heavy (non-hydrogen) atoms. The minimum atomic E-state index is -0.266. The van der Waals surface area contributed by atoms with Crippen molar-refractivity contribution in [3.8, 4) is 0 Å². The number of aromatic nitrogens is 3. The summed E-state index contributed by atoms with van der Waals surface area (Å²) in [6, 6.07) is 13.5. The van der Waals surface area contributed by atoms with Crippen molar-refractivity contribution in [3.63, 3.8) is 0 Å². The largest absolute Gasteiger partial charge is 0.445 e. The molecular weight excluding hydrogens is 368 g/mol. The molecule has 0 aliphatic carbocycles. The lowest BCUT2D eigenvalue weighted by Crippen LogP contribution is -2.48. The van der Waals surface area contributed by atoms with Crippen molar-refractivity contribution in [3.05, 3.63) is 66.1 Å². The number of piperidine rings is 1. The van der Waals surface area contributed by atoms with Gasteiger partial charge in [0, 0.05) is 29.8 Å². The van der Waals surface area contributed by atoms with Crippen molar-refractivity contribution >= 4 is 17.5 Å². The lowest BCUT2D eigenvalue weighted by atomic mass is 9.85. The maximum absolute atomic E-state index is 13.1. The van der Waals surface area contributed by atoms with Crippen molar-refractivity contribution in [1.29, 1.82) is 0 Å². The molecule has 7 nitrogen and oxygen atoms in total. The Labute approximate surface area is 168 Å². The first-order valence-corrected chi connectivity index (χ1v) is 10.0. The second-order valence-corrected chi connectivity index (χ2v) is 7.88. The maximum Gasteiger partial charge on any atom is 0.410 e. The van der Waals surface area contributed by atoms with E-state index < -0.39 is 0 Å². The first-order chi connectivity index (χ1) is 14.2. The average Bonchev–Trinajstić information content (AvgIpc) is 3.33. The summed E-state index contributed by atoms with van der Waals surface area (Å²) in [5, 5.41) is 7.84. The van der Waals surface area contributed by atoms with Gasteiger partial charge in [-0.3, -0.25) is 9.20 Å². The Hall–Kier alpha value is -3.22. The highest BCUT2D eigenvalue weighted by Crippen LogP contribution is 2.40. The van der Waals surface area contributed by atoms with Crippen LogP contribution in [0.3, 0.4) is 0 Å². The number of rotatable bonds is 4. The van der Waals surface area contributed by atoms with Gasteiger partial charge in [0.2, 0.25) is 0 Å². The van der Waals surface area contributed by atoms with Crippen LogP contribution in [0.5, 0.6) is 0 Å². The first kappa shape index (κ1) is 17.8. The molecular formula is C22H22N4O3. The number of hydrogen-bond acceptors (Lipinski definition) is 5. The van der Waals surface area contributed by atoms with Gasteiger partial charge >= 0.3 is 6.09 Å². The van der Waals surface area contributed by atoms with E-state index in [9.17, 15) is 9.59 Å². The van der Waals surface area contributed by atoms with Crippen LogP contribution in [0.2, 0.25) is 0 Å². The van der Waals surface area contributed by atoms with Gasteiger partial charge in [-0.25, -0.2) is 4.79 Å². The molecule has 2 unspecified atom stereocenters. The molecule has 0 spiro atoms. The third-order valence-electron chi connectivity index (χ3n) is 6.10. The van der Waals surface area contributed by atoms with Crippen LogP contribution in [-0.2, 0) is 11.3 Å². The number of pyridine rings is 1. The molecule has 0 N–H and O–H groups in total. The summed E-state index contributed by atoms with van der Waals surface area (Å²) in [5.74, 6) is 0.0643. The summed E-state index contributed by atoms with van der Waals surface area (Å²) < 4.78 is 7.31. The molecule has 2 aromatic heterocycles. The molecule has 7 heteroatoms. The van der Waals surface area contributed by atoms with E-state index in [1.807, 2.05) is 47.4 Å². The average molecular weight is 390 g/mol. The topological polar surface area (TPSA) is 76.8 Å². The highest BCUT2D eigenvalue weighted by Gasteiger charge is 2.46. The monoisotopic (exact) mass is 390 g/mol. The second kappa shape index (κ2) is 7.31. The van der Waals surface area contributed by atoms with Crippen molar-refractivity contribution < 1.29 is 14.3 Å². The van der Waals surface area contributed by atoms with E-state index >= 15 is 0 Å². The molecule has 2 atom stereocenters. The van der Waals surface area contributed by atoms with Crippen molar-refractivity contribution in [2.24, 2.45) is 5.92 Å². The fraction of sp³-hybridized carbons (Fsp3) is 0.364. The zero-order chi connectivity index (χ0) is 19.8. The summed E-state index contributed by atoms with van der Waals surface area (Å²) in [7, 11) is 0. The van der Waals surface area contributed by atoms with Gasteiger partial charge in [0.05, 0.1) is 0 Å².